The van der Waals surface area contributed by atoms with Crippen molar-refractivity contribution >= 4 is 5.78 Å². The van der Waals surface area contributed by atoms with E-state index < -0.39 is 5.95 Å². The Labute approximate surface area is 92.5 Å². The van der Waals surface area contributed by atoms with Gasteiger partial charge in [0.25, 0.3) is 0 Å². The SMILES string of the molecule is CC(=O)c1cnn(-c2ccccc2C)c1F. The Morgan fingerprint density at radius 2 is 2.06 bits per heavy atom. The van der Waals surface area contributed by atoms with Crippen molar-refractivity contribution in [1.29, 1.82) is 0 Å². The van der Waals surface area contributed by atoms with E-state index in [4.69, 9.17) is 0 Å². The van der Waals surface area contributed by atoms with Crippen LogP contribution in [0.2, 0.25) is 0 Å². The van der Waals surface area contributed by atoms with Crippen molar-refractivity contribution in [2.45, 2.75) is 13.8 Å². The number of hydrogen-bond donors (Lipinski definition) is 0. The highest BCUT2D eigenvalue weighted by molar-refractivity contribution is 5.93. The summed E-state index contributed by atoms with van der Waals surface area (Å²) < 4.78 is 15.0. The number of benzene rings is 1. The van der Waals surface area contributed by atoms with E-state index in [-0.39, 0.29) is 11.3 Å². The molecular formula is C12H11FN2O. The first-order chi connectivity index (χ1) is 7.61. The van der Waals surface area contributed by atoms with Gasteiger partial charge in [0.15, 0.2) is 5.78 Å². The summed E-state index contributed by atoms with van der Waals surface area (Å²) in [4.78, 5) is 11.1. The highest BCUT2D eigenvalue weighted by atomic mass is 19.1. The van der Waals surface area contributed by atoms with E-state index in [9.17, 15) is 9.18 Å². The lowest BCUT2D eigenvalue weighted by Gasteiger charge is -2.05. The molecule has 1 heterocycles. The summed E-state index contributed by atoms with van der Waals surface area (Å²) in [6.07, 6.45) is 1.25. The molecule has 0 saturated heterocycles. The Hall–Kier alpha value is -1.97. The van der Waals surface area contributed by atoms with Crippen molar-refractivity contribution in [2.75, 3.05) is 0 Å². The monoisotopic (exact) mass is 218 g/mol. The minimum atomic E-state index is -0.609. The van der Waals surface area contributed by atoms with Gasteiger partial charge in [-0.2, -0.15) is 9.49 Å². The number of nitrogens with zero attached hydrogens (tertiary/aromatic N) is 2. The predicted octanol–water partition coefficient (Wildman–Crippen LogP) is 2.52. The first-order valence-corrected chi connectivity index (χ1v) is 4.91. The molecule has 4 heteroatoms. The number of rotatable bonds is 2. The summed E-state index contributed by atoms with van der Waals surface area (Å²) in [7, 11) is 0. The van der Waals surface area contributed by atoms with Crippen LogP contribution >= 0.6 is 0 Å². The maximum absolute atomic E-state index is 13.8. The molecule has 16 heavy (non-hydrogen) atoms. The lowest BCUT2D eigenvalue weighted by atomic mass is 10.2. The van der Waals surface area contributed by atoms with Gasteiger partial charge in [0.2, 0.25) is 5.95 Å². The molecule has 0 fully saturated rings. The third kappa shape index (κ3) is 1.62. The highest BCUT2D eigenvalue weighted by Gasteiger charge is 2.15. The third-order valence-corrected chi connectivity index (χ3v) is 2.43. The van der Waals surface area contributed by atoms with E-state index in [0.29, 0.717) is 5.69 Å². The molecule has 0 aliphatic carbocycles. The second-order valence-electron chi connectivity index (χ2n) is 3.60. The molecule has 0 radical (unpaired) electrons. The maximum Gasteiger partial charge on any atom is 0.227 e. The highest BCUT2D eigenvalue weighted by Crippen LogP contribution is 2.16. The van der Waals surface area contributed by atoms with Gasteiger partial charge >= 0.3 is 0 Å². The molecule has 0 aliphatic heterocycles. The van der Waals surface area contributed by atoms with Gasteiger partial charge in [-0.25, -0.2) is 4.68 Å². The second-order valence-corrected chi connectivity index (χ2v) is 3.60. The first-order valence-electron chi connectivity index (χ1n) is 4.91. The van der Waals surface area contributed by atoms with Crippen LogP contribution in [0, 0.1) is 12.9 Å². The van der Waals surface area contributed by atoms with E-state index in [1.165, 1.54) is 13.1 Å². The van der Waals surface area contributed by atoms with Crippen LogP contribution in [0.1, 0.15) is 22.8 Å². The number of carbonyl (C=O) groups excluding carboxylic acids is 1. The molecular weight excluding hydrogens is 207 g/mol. The summed E-state index contributed by atoms with van der Waals surface area (Å²) in [5.41, 5.74) is 1.57. The Morgan fingerprint density at radius 1 is 1.38 bits per heavy atom. The molecule has 1 aromatic heterocycles. The minimum absolute atomic E-state index is 0.0169. The van der Waals surface area contributed by atoms with E-state index in [1.54, 1.807) is 12.1 Å². The third-order valence-electron chi connectivity index (χ3n) is 2.43. The lowest BCUT2D eigenvalue weighted by molar-refractivity contribution is 0.101. The summed E-state index contributed by atoms with van der Waals surface area (Å²) in [5, 5.41) is 3.89. The summed E-state index contributed by atoms with van der Waals surface area (Å²) in [6, 6.07) is 7.29. The molecule has 2 aromatic rings. The van der Waals surface area contributed by atoms with Gasteiger partial charge < -0.3 is 0 Å². The molecule has 82 valence electrons. The molecule has 0 N–H and O–H groups in total. The van der Waals surface area contributed by atoms with Crippen LogP contribution in [-0.2, 0) is 0 Å². The number of halogens is 1. The molecule has 2 rings (SSSR count). The van der Waals surface area contributed by atoms with Crippen LogP contribution in [0.15, 0.2) is 30.5 Å². The Kier molecular flexibility index (Phi) is 2.56. The van der Waals surface area contributed by atoms with Crippen molar-refractivity contribution in [3.8, 4) is 5.69 Å². The second kappa shape index (κ2) is 3.89. The molecule has 3 nitrogen and oxygen atoms in total. The van der Waals surface area contributed by atoms with Crippen LogP contribution in [0.5, 0.6) is 0 Å². The Morgan fingerprint density at radius 3 is 2.62 bits per heavy atom. The predicted molar refractivity (Wildman–Crippen MR) is 58.3 cm³/mol. The average molecular weight is 218 g/mol. The van der Waals surface area contributed by atoms with E-state index in [0.717, 1.165) is 10.2 Å². The number of ketones is 1. The van der Waals surface area contributed by atoms with Gasteiger partial charge in [-0.1, -0.05) is 18.2 Å². The standard InChI is InChI=1S/C12H11FN2O/c1-8-5-3-4-6-11(8)15-12(13)10(7-14-15)9(2)16/h3-7H,1-2H3. The molecule has 0 amide bonds. The number of hydrogen-bond acceptors (Lipinski definition) is 2. The zero-order valence-electron chi connectivity index (χ0n) is 9.07. The summed E-state index contributed by atoms with van der Waals surface area (Å²) in [5.74, 6) is -0.931. The van der Waals surface area contributed by atoms with Crippen molar-refractivity contribution < 1.29 is 9.18 Å². The number of aromatic nitrogens is 2. The molecule has 1 aromatic carbocycles. The molecule has 0 saturated carbocycles. The fourth-order valence-electron chi connectivity index (χ4n) is 1.54. The molecule has 0 spiro atoms. The zero-order valence-corrected chi connectivity index (χ0v) is 9.07. The largest absolute Gasteiger partial charge is 0.294 e. The van der Waals surface area contributed by atoms with Crippen LogP contribution in [-0.4, -0.2) is 15.6 Å². The Bertz CT molecular complexity index is 546. The van der Waals surface area contributed by atoms with Crippen molar-refractivity contribution in [2.24, 2.45) is 0 Å². The van der Waals surface area contributed by atoms with Crippen molar-refractivity contribution in [3.63, 3.8) is 0 Å². The van der Waals surface area contributed by atoms with Gasteiger partial charge in [-0.15, -0.1) is 0 Å². The Balaban J connectivity index is 2.58. The molecule has 0 bridgehead atoms. The lowest BCUT2D eigenvalue weighted by Crippen LogP contribution is -2.03. The van der Waals surface area contributed by atoms with Crippen LogP contribution in [0.25, 0.3) is 5.69 Å². The van der Waals surface area contributed by atoms with Crippen molar-refractivity contribution in [1.82, 2.24) is 9.78 Å². The topological polar surface area (TPSA) is 34.9 Å². The van der Waals surface area contributed by atoms with Gasteiger partial charge in [0.05, 0.1) is 17.4 Å². The summed E-state index contributed by atoms with van der Waals surface area (Å²) in [6.45, 7) is 3.19. The van der Waals surface area contributed by atoms with E-state index in [1.807, 2.05) is 19.1 Å². The van der Waals surface area contributed by atoms with Gasteiger partial charge in [0, 0.05) is 0 Å². The fraction of sp³-hybridized carbons (Fsp3) is 0.167. The van der Waals surface area contributed by atoms with Gasteiger partial charge in [0.1, 0.15) is 0 Å². The molecule has 0 aliphatic rings. The number of aryl methyl sites for hydroxylation is 1. The van der Waals surface area contributed by atoms with Crippen LogP contribution < -0.4 is 0 Å². The summed E-state index contributed by atoms with van der Waals surface area (Å²) >= 11 is 0. The number of para-hydroxylation sites is 1. The molecule has 0 unspecified atom stereocenters. The van der Waals surface area contributed by atoms with E-state index in [2.05, 4.69) is 5.10 Å². The first kappa shape index (κ1) is 10.5. The van der Waals surface area contributed by atoms with Gasteiger partial charge in [-0.3, -0.25) is 4.79 Å². The fourth-order valence-corrected chi connectivity index (χ4v) is 1.54. The van der Waals surface area contributed by atoms with Crippen LogP contribution in [0.4, 0.5) is 4.39 Å². The number of Topliss-reactive ketones (excluding diaryl/α,β-unsaturated/α-hetero) is 1. The average Bonchev–Trinajstić information content (AvgIpc) is 2.61. The normalized spacial score (nSPS) is 10.4. The smallest absolute Gasteiger partial charge is 0.227 e. The van der Waals surface area contributed by atoms with Crippen LogP contribution in [0.3, 0.4) is 0 Å². The van der Waals surface area contributed by atoms with Gasteiger partial charge in [-0.05, 0) is 25.5 Å². The quantitative estimate of drug-likeness (QED) is 0.726. The number of carbonyl (C=O) groups is 1. The maximum atomic E-state index is 13.8. The van der Waals surface area contributed by atoms with Crippen molar-refractivity contribution in [3.05, 3.63) is 47.5 Å². The minimum Gasteiger partial charge on any atom is -0.294 e. The molecule has 0 atom stereocenters. The zero-order chi connectivity index (χ0) is 11.7. The van der Waals surface area contributed by atoms with E-state index >= 15 is 0 Å².